The molecule has 3 unspecified atom stereocenters. The molecule has 2 heterocycles. The molecule has 5 heteroatoms. The lowest BCUT2D eigenvalue weighted by Gasteiger charge is -2.29. The van der Waals surface area contributed by atoms with Gasteiger partial charge in [-0.05, 0) is 24.7 Å². The Labute approximate surface area is 119 Å². The Morgan fingerprint density at radius 2 is 2.20 bits per heavy atom. The predicted octanol–water partition coefficient (Wildman–Crippen LogP) is 1.46. The number of hydrogen-bond donors (Lipinski definition) is 2. The Morgan fingerprint density at radius 3 is 2.90 bits per heavy atom. The quantitative estimate of drug-likeness (QED) is 0.857. The van der Waals surface area contributed by atoms with Gasteiger partial charge < -0.3 is 15.6 Å². The lowest BCUT2D eigenvalue weighted by molar-refractivity contribution is 0.260. The van der Waals surface area contributed by atoms with E-state index in [0.29, 0.717) is 17.9 Å². The van der Waals surface area contributed by atoms with Gasteiger partial charge in [0.2, 0.25) is 0 Å². The molecular formula is C15H24N4O. The van der Waals surface area contributed by atoms with E-state index in [0.717, 1.165) is 31.2 Å². The summed E-state index contributed by atoms with van der Waals surface area (Å²) in [5, 5.41) is 0. The summed E-state index contributed by atoms with van der Waals surface area (Å²) in [7, 11) is 0. The van der Waals surface area contributed by atoms with Gasteiger partial charge in [0.05, 0.1) is 0 Å². The molecule has 1 saturated heterocycles. The molecule has 110 valence electrons. The fraction of sp³-hybridized carbons (Fsp3) is 0.733. The molecule has 5 nitrogen and oxygen atoms in total. The van der Waals surface area contributed by atoms with Crippen LogP contribution in [-0.4, -0.2) is 29.1 Å². The van der Waals surface area contributed by atoms with Crippen molar-refractivity contribution in [3.8, 4) is 0 Å². The second-order valence-electron chi connectivity index (χ2n) is 6.57. The van der Waals surface area contributed by atoms with Crippen LogP contribution in [0, 0.1) is 11.8 Å². The minimum atomic E-state index is -0.0575. The van der Waals surface area contributed by atoms with Crippen LogP contribution in [0.4, 0.5) is 5.82 Å². The molecule has 0 aromatic carbocycles. The zero-order valence-electron chi connectivity index (χ0n) is 12.3. The fourth-order valence-corrected chi connectivity index (χ4v) is 3.60. The Balaban J connectivity index is 1.85. The molecule has 2 fully saturated rings. The van der Waals surface area contributed by atoms with E-state index in [2.05, 4.69) is 14.9 Å². The Kier molecular flexibility index (Phi) is 3.54. The second kappa shape index (κ2) is 5.20. The van der Waals surface area contributed by atoms with Gasteiger partial charge in [0.1, 0.15) is 11.6 Å². The zero-order chi connectivity index (χ0) is 14.3. The van der Waals surface area contributed by atoms with E-state index in [1.807, 2.05) is 13.8 Å². The topological polar surface area (TPSA) is 75.0 Å². The van der Waals surface area contributed by atoms with Crippen LogP contribution in [0.3, 0.4) is 0 Å². The van der Waals surface area contributed by atoms with Gasteiger partial charge in [0.25, 0.3) is 5.56 Å². The highest BCUT2D eigenvalue weighted by Gasteiger charge is 2.39. The van der Waals surface area contributed by atoms with Gasteiger partial charge in [-0.2, -0.15) is 0 Å². The summed E-state index contributed by atoms with van der Waals surface area (Å²) in [5.74, 6) is 3.05. The van der Waals surface area contributed by atoms with Crippen molar-refractivity contribution in [3.05, 3.63) is 22.2 Å². The van der Waals surface area contributed by atoms with Crippen LogP contribution < -0.4 is 16.2 Å². The van der Waals surface area contributed by atoms with Gasteiger partial charge in [0.15, 0.2) is 0 Å². The van der Waals surface area contributed by atoms with Crippen LogP contribution in [0.1, 0.15) is 44.9 Å². The van der Waals surface area contributed by atoms with Crippen molar-refractivity contribution in [1.29, 1.82) is 0 Å². The van der Waals surface area contributed by atoms with Crippen LogP contribution in [0.15, 0.2) is 10.9 Å². The number of hydrogen-bond acceptors (Lipinski definition) is 4. The lowest BCUT2D eigenvalue weighted by atomic mass is 9.78. The molecule has 1 aliphatic heterocycles. The minimum absolute atomic E-state index is 0.0575. The monoisotopic (exact) mass is 276 g/mol. The van der Waals surface area contributed by atoms with Gasteiger partial charge in [0, 0.05) is 31.1 Å². The summed E-state index contributed by atoms with van der Waals surface area (Å²) in [5.41, 5.74) is 6.20. The van der Waals surface area contributed by atoms with Gasteiger partial charge in [-0.25, -0.2) is 4.98 Å². The molecule has 20 heavy (non-hydrogen) atoms. The number of H-pyrrole nitrogens is 1. The number of aromatic amines is 1. The van der Waals surface area contributed by atoms with Crippen LogP contribution in [-0.2, 0) is 0 Å². The van der Waals surface area contributed by atoms with Crippen molar-refractivity contribution in [3.63, 3.8) is 0 Å². The molecule has 1 saturated carbocycles. The minimum Gasteiger partial charge on any atom is -0.356 e. The van der Waals surface area contributed by atoms with Crippen LogP contribution in [0.2, 0.25) is 0 Å². The summed E-state index contributed by atoms with van der Waals surface area (Å²) < 4.78 is 0. The molecule has 0 bridgehead atoms. The molecule has 3 rings (SSSR count). The number of nitrogens with zero attached hydrogens (tertiary/aromatic N) is 2. The maximum absolute atomic E-state index is 11.8. The molecule has 1 aliphatic carbocycles. The Bertz CT molecular complexity index is 539. The van der Waals surface area contributed by atoms with Crippen molar-refractivity contribution in [2.24, 2.45) is 17.6 Å². The molecule has 3 atom stereocenters. The molecule has 3 N–H and O–H groups in total. The van der Waals surface area contributed by atoms with Crippen LogP contribution in [0.5, 0.6) is 0 Å². The lowest BCUT2D eigenvalue weighted by Crippen LogP contribution is -2.38. The highest BCUT2D eigenvalue weighted by atomic mass is 16.1. The normalized spacial score (nSPS) is 29.8. The summed E-state index contributed by atoms with van der Waals surface area (Å²) in [4.78, 5) is 21.5. The average molecular weight is 276 g/mol. The van der Waals surface area contributed by atoms with Gasteiger partial charge >= 0.3 is 0 Å². The third kappa shape index (κ3) is 2.46. The number of fused-ring (bicyclic) bond motifs is 1. The molecule has 0 radical (unpaired) electrons. The Hall–Kier alpha value is -1.36. The van der Waals surface area contributed by atoms with Crippen molar-refractivity contribution in [1.82, 2.24) is 9.97 Å². The maximum Gasteiger partial charge on any atom is 0.252 e. The largest absolute Gasteiger partial charge is 0.356 e. The number of anilines is 1. The summed E-state index contributed by atoms with van der Waals surface area (Å²) in [6.45, 7) is 6.02. The molecule has 1 aromatic heterocycles. The highest BCUT2D eigenvalue weighted by molar-refractivity contribution is 5.40. The predicted molar refractivity (Wildman–Crippen MR) is 80.0 cm³/mol. The van der Waals surface area contributed by atoms with Crippen LogP contribution >= 0.6 is 0 Å². The first-order chi connectivity index (χ1) is 9.54. The number of aromatic nitrogens is 2. The number of rotatable bonds is 2. The summed E-state index contributed by atoms with van der Waals surface area (Å²) in [6, 6.07) is 1.93. The number of nitrogens with two attached hydrogens (primary N) is 1. The molecular weight excluding hydrogens is 252 g/mol. The average Bonchev–Trinajstić information content (AvgIpc) is 2.83. The zero-order valence-corrected chi connectivity index (χ0v) is 12.3. The van der Waals surface area contributed by atoms with E-state index in [1.54, 1.807) is 6.07 Å². The smallest absolute Gasteiger partial charge is 0.252 e. The standard InChI is InChI=1S/C15H24N4O/c1-9(2)15-17-13(6-14(20)18-15)19-7-10-4-3-5-12(16)11(10)8-19/h6,9-12H,3-5,7-8,16H2,1-2H3,(H,17,18,20). The number of nitrogens with one attached hydrogen (secondary N) is 1. The van der Waals surface area contributed by atoms with Crippen molar-refractivity contribution in [2.45, 2.75) is 45.1 Å². The van der Waals surface area contributed by atoms with Crippen molar-refractivity contribution < 1.29 is 0 Å². The first-order valence-electron chi connectivity index (χ1n) is 7.66. The summed E-state index contributed by atoms with van der Waals surface area (Å²) in [6.07, 6.45) is 3.63. The van der Waals surface area contributed by atoms with E-state index in [9.17, 15) is 4.79 Å². The fourth-order valence-electron chi connectivity index (χ4n) is 3.60. The summed E-state index contributed by atoms with van der Waals surface area (Å²) >= 11 is 0. The maximum atomic E-state index is 11.8. The Morgan fingerprint density at radius 1 is 1.40 bits per heavy atom. The SMILES string of the molecule is CC(C)c1nc(N2CC3CCCC(N)C3C2)cc(=O)[nH]1. The third-order valence-electron chi connectivity index (χ3n) is 4.77. The second-order valence-corrected chi connectivity index (χ2v) is 6.57. The van der Waals surface area contributed by atoms with Gasteiger partial charge in [-0.15, -0.1) is 0 Å². The highest BCUT2D eigenvalue weighted by Crippen LogP contribution is 2.36. The molecule has 1 aromatic rings. The van der Waals surface area contributed by atoms with Crippen molar-refractivity contribution in [2.75, 3.05) is 18.0 Å². The van der Waals surface area contributed by atoms with Gasteiger partial charge in [-0.3, -0.25) is 4.79 Å². The third-order valence-corrected chi connectivity index (χ3v) is 4.77. The van der Waals surface area contributed by atoms with E-state index in [1.165, 1.54) is 12.8 Å². The first kappa shape index (κ1) is 13.6. The van der Waals surface area contributed by atoms with E-state index in [4.69, 9.17) is 5.73 Å². The van der Waals surface area contributed by atoms with E-state index in [-0.39, 0.29) is 11.5 Å². The molecule has 2 aliphatic rings. The molecule has 0 amide bonds. The van der Waals surface area contributed by atoms with E-state index >= 15 is 0 Å². The first-order valence-corrected chi connectivity index (χ1v) is 7.66. The van der Waals surface area contributed by atoms with Crippen LogP contribution in [0.25, 0.3) is 0 Å². The van der Waals surface area contributed by atoms with Gasteiger partial charge in [-0.1, -0.05) is 20.3 Å². The molecule has 0 spiro atoms. The van der Waals surface area contributed by atoms with E-state index < -0.39 is 0 Å². The van der Waals surface area contributed by atoms with Crippen molar-refractivity contribution >= 4 is 5.82 Å².